The first-order chi connectivity index (χ1) is 7.27. The highest BCUT2D eigenvalue weighted by Gasteiger charge is 2.32. The lowest BCUT2D eigenvalue weighted by molar-refractivity contribution is -0.528. The molecule has 0 saturated heterocycles. The molecule has 0 aromatic heterocycles. The first-order valence-corrected chi connectivity index (χ1v) is 5.50. The van der Waals surface area contributed by atoms with Crippen LogP contribution in [0.3, 0.4) is 0 Å². The predicted octanol–water partition coefficient (Wildman–Crippen LogP) is 2.07. The first kappa shape index (κ1) is 10.2. The Morgan fingerprint density at radius 1 is 1.27 bits per heavy atom. The molecule has 82 valence electrons. The molecule has 1 aliphatic carbocycles. The van der Waals surface area contributed by atoms with E-state index in [1.165, 1.54) is 0 Å². The number of nitrogens with one attached hydrogen (secondary N) is 1. The van der Waals surface area contributed by atoms with E-state index in [4.69, 9.17) is 0 Å². The fourth-order valence-corrected chi connectivity index (χ4v) is 2.51. The molecular weight excluding hydrogens is 192 g/mol. The van der Waals surface area contributed by atoms with Crippen molar-refractivity contribution in [3.63, 3.8) is 0 Å². The van der Waals surface area contributed by atoms with Crippen molar-refractivity contribution >= 4 is 0 Å². The third kappa shape index (κ3) is 2.37. The van der Waals surface area contributed by atoms with Gasteiger partial charge in [0.05, 0.1) is 0 Å². The molecule has 0 radical (unpaired) electrons. The van der Waals surface area contributed by atoms with Crippen LogP contribution in [0.15, 0.2) is 24.6 Å². The maximum Gasteiger partial charge on any atom is 0.213 e. The zero-order chi connectivity index (χ0) is 10.7. The molecule has 1 saturated carbocycles. The number of rotatable bonds is 2. The van der Waals surface area contributed by atoms with Crippen LogP contribution >= 0.6 is 0 Å². The van der Waals surface area contributed by atoms with E-state index in [1.807, 2.05) is 12.4 Å². The zero-order valence-corrected chi connectivity index (χ0v) is 8.63. The minimum absolute atomic E-state index is 0.110. The standard InChI is InChI=1S/C11H16N2O2/c14-13(15)11-3-1-2-10(8-11)9-4-6-12-7-5-9/h4-7,9-12H,1-3,8H2. The van der Waals surface area contributed by atoms with Gasteiger partial charge >= 0.3 is 0 Å². The monoisotopic (exact) mass is 208 g/mol. The lowest BCUT2D eigenvalue weighted by Crippen LogP contribution is -2.30. The predicted molar refractivity (Wildman–Crippen MR) is 57.6 cm³/mol. The van der Waals surface area contributed by atoms with Gasteiger partial charge in [-0.1, -0.05) is 12.2 Å². The molecule has 0 amide bonds. The number of dihydropyridines is 1. The molecule has 0 bridgehead atoms. The van der Waals surface area contributed by atoms with Crippen LogP contribution in [-0.4, -0.2) is 11.0 Å². The SMILES string of the molecule is O=[N+]([O-])C1CCCC(C2C=CNC=C2)C1. The van der Waals surface area contributed by atoms with Gasteiger partial charge in [0.15, 0.2) is 0 Å². The quantitative estimate of drug-likeness (QED) is 0.558. The van der Waals surface area contributed by atoms with E-state index in [2.05, 4.69) is 17.5 Å². The molecule has 1 heterocycles. The summed E-state index contributed by atoms with van der Waals surface area (Å²) in [6.07, 6.45) is 11.6. The first-order valence-electron chi connectivity index (χ1n) is 5.50. The van der Waals surface area contributed by atoms with E-state index < -0.39 is 0 Å². The Kier molecular flexibility index (Phi) is 3.04. The highest BCUT2D eigenvalue weighted by molar-refractivity contribution is 5.08. The maximum absolute atomic E-state index is 10.7. The highest BCUT2D eigenvalue weighted by Crippen LogP contribution is 2.33. The summed E-state index contributed by atoms with van der Waals surface area (Å²) in [5.74, 6) is 0.831. The van der Waals surface area contributed by atoms with E-state index >= 15 is 0 Å². The van der Waals surface area contributed by atoms with Crippen molar-refractivity contribution in [2.24, 2.45) is 11.8 Å². The summed E-state index contributed by atoms with van der Waals surface area (Å²) in [6.45, 7) is 0. The average molecular weight is 208 g/mol. The largest absolute Gasteiger partial charge is 0.368 e. The lowest BCUT2D eigenvalue weighted by atomic mass is 9.77. The van der Waals surface area contributed by atoms with E-state index in [9.17, 15) is 10.1 Å². The Morgan fingerprint density at radius 2 is 2.00 bits per heavy atom. The Balaban J connectivity index is 1.97. The average Bonchev–Trinajstić information content (AvgIpc) is 2.30. The third-order valence-corrected chi connectivity index (χ3v) is 3.36. The summed E-state index contributed by atoms with van der Waals surface area (Å²) < 4.78 is 0. The van der Waals surface area contributed by atoms with Crippen molar-refractivity contribution in [1.29, 1.82) is 0 Å². The number of hydrogen-bond acceptors (Lipinski definition) is 3. The zero-order valence-electron chi connectivity index (χ0n) is 8.63. The molecule has 0 spiro atoms. The molecule has 1 N–H and O–H groups in total. The summed E-state index contributed by atoms with van der Waals surface area (Å²) in [5.41, 5.74) is 0. The van der Waals surface area contributed by atoms with Crippen molar-refractivity contribution in [3.8, 4) is 0 Å². The maximum atomic E-state index is 10.7. The van der Waals surface area contributed by atoms with Crippen molar-refractivity contribution < 1.29 is 4.92 Å². The number of nitrogens with zero attached hydrogens (tertiary/aromatic N) is 1. The van der Waals surface area contributed by atoms with Gasteiger partial charge in [-0.15, -0.1) is 0 Å². The molecule has 2 aliphatic rings. The smallest absolute Gasteiger partial charge is 0.213 e. The van der Waals surface area contributed by atoms with Crippen molar-refractivity contribution in [2.45, 2.75) is 31.7 Å². The van der Waals surface area contributed by atoms with Crippen LogP contribution in [0.5, 0.6) is 0 Å². The molecule has 15 heavy (non-hydrogen) atoms. The molecule has 0 aromatic rings. The number of allylic oxidation sites excluding steroid dienone is 2. The fraction of sp³-hybridized carbons (Fsp3) is 0.636. The molecule has 2 unspecified atom stereocenters. The van der Waals surface area contributed by atoms with E-state index in [0.717, 1.165) is 25.7 Å². The molecule has 1 fully saturated rings. The van der Waals surface area contributed by atoms with Gasteiger partial charge < -0.3 is 5.32 Å². The summed E-state index contributed by atoms with van der Waals surface area (Å²) in [6, 6.07) is -0.319. The van der Waals surface area contributed by atoms with Crippen LogP contribution in [0.2, 0.25) is 0 Å². The Morgan fingerprint density at radius 3 is 2.67 bits per heavy atom. The number of nitro groups is 1. The van der Waals surface area contributed by atoms with Gasteiger partial charge in [-0.05, 0) is 31.2 Å². The molecule has 4 nitrogen and oxygen atoms in total. The minimum Gasteiger partial charge on any atom is -0.368 e. The summed E-state index contributed by atoms with van der Waals surface area (Å²) in [4.78, 5) is 10.6. The molecule has 2 rings (SSSR count). The normalized spacial score (nSPS) is 31.2. The second kappa shape index (κ2) is 4.47. The van der Waals surface area contributed by atoms with Crippen LogP contribution in [0, 0.1) is 22.0 Å². The minimum atomic E-state index is -0.319. The van der Waals surface area contributed by atoms with Gasteiger partial charge in [0.1, 0.15) is 0 Å². The fourth-order valence-electron chi connectivity index (χ4n) is 2.51. The van der Waals surface area contributed by atoms with Crippen molar-refractivity contribution in [3.05, 3.63) is 34.7 Å². The summed E-state index contributed by atoms with van der Waals surface area (Å²) >= 11 is 0. The van der Waals surface area contributed by atoms with Gasteiger partial charge in [0.25, 0.3) is 0 Å². The van der Waals surface area contributed by atoms with E-state index in [0.29, 0.717) is 11.8 Å². The molecule has 2 atom stereocenters. The van der Waals surface area contributed by atoms with E-state index in [1.54, 1.807) is 0 Å². The summed E-state index contributed by atoms with van der Waals surface area (Å²) in [5, 5.41) is 13.7. The summed E-state index contributed by atoms with van der Waals surface area (Å²) in [7, 11) is 0. The Hall–Kier alpha value is -1.32. The second-order valence-corrected chi connectivity index (χ2v) is 4.33. The van der Waals surface area contributed by atoms with Gasteiger partial charge in [-0.3, -0.25) is 10.1 Å². The lowest BCUT2D eigenvalue weighted by Gasteiger charge is -2.28. The molecule has 1 aliphatic heterocycles. The van der Waals surface area contributed by atoms with Gasteiger partial charge in [-0.25, -0.2) is 0 Å². The van der Waals surface area contributed by atoms with Gasteiger partial charge in [0.2, 0.25) is 6.04 Å². The van der Waals surface area contributed by atoms with Crippen molar-refractivity contribution in [2.75, 3.05) is 0 Å². The van der Waals surface area contributed by atoms with E-state index in [-0.39, 0.29) is 11.0 Å². The van der Waals surface area contributed by atoms with Crippen LogP contribution in [0.4, 0.5) is 0 Å². The topological polar surface area (TPSA) is 55.2 Å². The molecule has 0 aromatic carbocycles. The second-order valence-electron chi connectivity index (χ2n) is 4.33. The third-order valence-electron chi connectivity index (χ3n) is 3.36. The van der Waals surface area contributed by atoms with Gasteiger partial charge in [-0.2, -0.15) is 0 Å². The van der Waals surface area contributed by atoms with Crippen molar-refractivity contribution in [1.82, 2.24) is 5.32 Å². The molecular formula is C11H16N2O2. The Bertz CT molecular complexity index is 287. The van der Waals surface area contributed by atoms with Crippen LogP contribution in [0.1, 0.15) is 25.7 Å². The van der Waals surface area contributed by atoms with Crippen LogP contribution in [-0.2, 0) is 0 Å². The Labute approximate surface area is 89.2 Å². The van der Waals surface area contributed by atoms with Crippen LogP contribution < -0.4 is 5.32 Å². The van der Waals surface area contributed by atoms with Crippen LogP contribution in [0.25, 0.3) is 0 Å². The van der Waals surface area contributed by atoms with Gasteiger partial charge in [0, 0.05) is 23.7 Å². The highest BCUT2D eigenvalue weighted by atomic mass is 16.6. The number of hydrogen-bond donors (Lipinski definition) is 1. The molecule has 4 heteroatoms.